The van der Waals surface area contributed by atoms with Gasteiger partial charge in [-0.2, -0.15) is 0 Å². The fourth-order valence-electron chi connectivity index (χ4n) is 2.30. The molecule has 2 heterocycles. The van der Waals surface area contributed by atoms with Crippen molar-refractivity contribution in [3.8, 4) is 0 Å². The van der Waals surface area contributed by atoms with Crippen LogP contribution in [0, 0.1) is 0 Å². The summed E-state index contributed by atoms with van der Waals surface area (Å²) in [5.41, 5.74) is 1.17. The third kappa shape index (κ3) is 2.02. The lowest BCUT2D eigenvalue weighted by Gasteiger charge is -2.31. The molecule has 1 saturated carbocycles. The summed E-state index contributed by atoms with van der Waals surface area (Å²) in [6, 6.07) is 2.09. The fourth-order valence-corrected chi connectivity index (χ4v) is 2.30. The summed E-state index contributed by atoms with van der Waals surface area (Å²) in [5, 5.41) is 9.65. The Morgan fingerprint density at radius 3 is 2.88 bits per heavy atom. The third-order valence-electron chi connectivity index (χ3n) is 3.39. The highest BCUT2D eigenvalue weighted by Gasteiger charge is 2.26. The molecule has 1 saturated heterocycles. The second-order valence-electron chi connectivity index (χ2n) is 4.82. The predicted molar refractivity (Wildman–Crippen MR) is 61.5 cm³/mol. The minimum Gasteiger partial charge on any atom is -0.391 e. The van der Waals surface area contributed by atoms with E-state index in [0.29, 0.717) is 12.5 Å². The number of aliphatic hydroxyl groups is 1. The van der Waals surface area contributed by atoms with Crippen molar-refractivity contribution in [3.63, 3.8) is 0 Å². The minimum absolute atomic E-state index is 0.201. The molecule has 0 aromatic carbocycles. The molecule has 16 heavy (non-hydrogen) atoms. The summed E-state index contributed by atoms with van der Waals surface area (Å²) in [4.78, 5) is 10.8. The number of aliphatic hydroxyl groups excluding tert-OH is 1. The third-order valence-corrected chi connectivity index (χ3v) is 3.39. The van der Waals surface area contributed by atoms with Crippen molar-refractivity contribution in [1.82, 2.24) is 9.97 Å². The van der Waals surface area contributed by atoms with Crippen LogP contribution < -0.4 is 4.90 Å². The quantitative estimate of drug-likeness (QED) is 0.815. The lowest BCUT2D eigenvalue weighted by Crippen LogP contribution is -2.38. The van der Waals surface area contributed by atoms with Gasteiger partial charge in [-0.05, 0) is 25.7 Å². The molecule has 0 bridgehead atoms. The van der Waals surface area contributed by atoms with Crippen LogP contribution in [0.4, 0.5) is 5.82 Å². The molecule has 2 aliphatic rings. The first-order chi connectivity index (χ1) is 7.83. The zero-order valence-corrected chi connectivity index (χ0v) is 9.34. The monoisotopic (exact) mass is 219 g/mol. The predicted octanol–water partition coefficient (Wildman–Crippen LogP) is 1.32. The summed E-state index contributed by atoms with van der Waals surface area (Å²) in [6.07, 6.45) is 5.94. The molecule has 0 spiro atoms. The van der Waals surface area contributed by atoms with Gasteiger partial charge in [0.2, 0.25) is 0 Å². The Kier molecular flexibility index (Phi) is 2.52. The molecule has 3 rings (SSSR count). The molecule has 0 radical (unpaired) electrons. The van der Waals surface area contributed by atoms with E-state index in [1.807, 2.05) is 0 Å². The molecule has 1 unspecified atom stereocenters. The smallest absolute Gasteiger partial charge is 0.132 e. The number of hydrogen-bond acceptors (Lipinski definition) is 4. The SMILES string of the molecule is OC1CCCN(c2cc(C3CC3)ncn2)C1. The highest BCUT2D eigenvalue weighted by atomic mass is 16.3. The van der Waals surface area contributed by atoms with Crippen molar-refractivity contribution in [2.24, 2.45) is 0 Å². The van der Waals surface area contributed by atoms with Crippen LogP contribution in [0.2, 0.25) is 0 Å². The van der Waals surface area contributed by atoms with E-state index in [0.717, 1.165) is 25.2 Å². The Hall–Kier alpha value is -1.16. The van der Waals surface area contributed by atoms with E-state index in [-0.39, 0.29) is 6.10 Å². The molecule has 1 aromatic rings. The molecule has 4 nitrogen and oxygen atoms in total. The Balaban J connectivity index is 1.79. The lowest BCUT2D eigenvalue weighted by atomic mass is 10.1. The molecule has 1 aliphatic carbocycles. The van der Waals surface area contributed by atoms with E-state index in [1.54, 1.807) is 6.33 Å². The van der Waals surface area contributed by atoms with E-state index in [2.05, 4.69) is 20.9 Å². The molecule has 1 aromatic heterocycles. The average Bonchev–Trinajstić information content (AvgIpc) is 3.13. The van der Waals surface area contributed by atoms with Crippen molar-refractivity contribution < 1.29 is 5.11 Å². The largest absolute Gasteiger partial charge is 0.391 e. The Bertz CT molecular complexity index is 378. The van der Waals surface area contributed by atoms with Crippen molar-refractivity contribution in [2.45, 2.75) is 37.7 Å². The van der Waals surface area contributed by atoms with Crippen molar-refractivity contribution >= 4 is 5.82 Å². The van der Waals surface area contributed by atoms with Crippen LogP contribution >= 0.6 is 0 Å². The van der Waals surface area contributed by atoms with Crippen LogP contribution in [-0.4, -0.2) is 34.3 Å². The standard InChI is InChI=1S/C12H17N3O/c16-10-2-1-5-15(7-10)12-6-11(9-3-4-9)13-8-14-12/h6,8-10,16H,1-5,7H2. The number of rotatable bonds is 2. The molecule has 1 N–H and O–H groups in total. The number of β-amino-alcohol motifs (C(OH)–C–C–N with tert-alkyl or cyclic N) is 1. The zero-order chi connectivity index (χ0) is 11.0. The number of aromatic nitrogens is 2. The van der Waals surface area contributed by atoms with Crippen LogP contribution in [-0.2, 0) is 0 Å². The number of nitrogens with zero attached hydrogens (tertiary/aromatic N) is 3. The molecule has 2 fully saturated rings. The van der Waals surface area contributed by atoms with Crippen molar-refractivity contribution in [2.75, 3.05) is 18.0 Å². The van der Waals surface area contributed by atoms with Crippen LogP contribution in [0.15, 0.2) is 12.4 Å². The Morgan fingerprint density at radius 1 is 1.25 bits per heavy atom. The van der Waals surface area contributed by atoms with Gasteiger partial charge in [0, 0.05) is 30.8 Å². The van der Waals surface area contributed by atoms with Gasteiger partial charge >= 0.3 is 0 Å². The molecular weight excluding hydrogens is 202 g/mol. The van der Waals surface area contributed by atoms with Crippen molar-refractivity contribution in [3.05, 3.63) is 18.1 Å². The van der Waals surface area contributed by atoms with Crippen LogP contribution in [0.25, 0.3) is 0 Å². The maximum atomic E-state index is 9.65. The summed E-state index contributed by atoms with van der Waals surface area (Å²) in [5.74, 6) is 1.65. The zero-order valence-electron chi connectivity index (χ0n) is 9.34. The summed E-state index contributed by atoms with van der Waals surface area (Å²) >= 11 is 0. The van der Waals surface area contributed by atoms with Crippen LogP contribution in [0.3, 0.4) is 0 Å². The maximum absolute atomic E-state index is 9.65. The summed E-state index contributed by atoms with van der Waals surface area (Å²) in [7, 11) is 0. The normalized spacial score (nSPS) is 25.8. The van der Waals surface area contributed by atoms with Gasteiger partial charge in [-0.1, -0.05) is 0 Å². The molecule has 1 aliphatic heterocycles. The Morgan fingerprint density at radius 2 is 2.12 bits per heavy atom. The first-order valence-electron chi connectivity index (χ1n) is 6.08. The minimum atomic E-state index is -0.201. The molecule has 0 amide bonds. The number of piperidine rings is 1. The highest BCUT2D eigenvalue weighted by Crippen LogP contribution is 2.39. The lowest BCUT2D eigenvalue weighted by molar-refractivity contribution is 0.154. The van der Waals surface area contributed by atoms with E-state index in [9.17, 15) is 5.11 Å². The van der Waals surface area contributed by atoms with Crippen LogP contribution in [0.1, 0.15) is 37.3 Å². The second-order valence-corrected chi connectivity index (χ2v) is 4.82. The molecule has 4 heteroatoms. The highest BCUT2D eigenvalue weighted by molar-refractivity contribution is 5.41. The van der Waals surface area contributed by atoms with Crippen molar-refractivity contribution in [1.29, 1.82) is 0 Å². The number of anilines is 1. The van der Waals surface area contributed by atoms with E-state index >= 15 is 0 Å². The van der Waals surface area contributed by atoms with Gasteiger partial charge in [-0.3, -0.25) is 0 Å². The van der Waals surface area contributed by atoms with Gasteiger partial charge in [0.25, 0.3) is 0 Å². The second kappa shape index (κ2) is 4.01. The van der Waals surface area contributed by atoms with E-state index < -0.39 is 0 Å². The molecule has 86 valence electrons. The van der Waals surface area contributed by atoms with Gasteiger partial charge in [0.1, 0.15) is 12.1 Å². The van der Waals surface area contributed by atoms with E-state index in [1.165, 1.54) is 18.5 Å². The summed E-state index contributed by atoms with van der Waals surface area (Å²) in [6.45, 7) is 1.71. The van der Waals surface area contributed by atoms with Gasteiger partial charge in [0.05, 0.1) is 6.10 Å². The first kappa shape index (κ1) is 10.0. The topological polar surface area (TPSA) is 49.2 Å². The summed E-state index contributed by atoms with van der Waals surface area (Å²) < 4.78 is 0. The van der Waals surface area contributed by atoms with Gasteiger partial charge < -0.3 is 10.0 Å². The first-order valence-corrected chi connectivity index (χ1v) is 6.08. The average molecular weight is 219 g/mol. The van der Waals surface area contributed by atoms with Crippen LogP contribution in [0.5, 0.6) is 0 Å². The maximum Gasteiger partial charge on any atom is 0.132 e. The van der Waals surface area contributed by atoms with E-state index in [4.69, 9.17) is 0 Å². The van der Waals surface area contributed by atoms with Gasteiger partial charge in [-0.15, -0.1) is 0 Å². The number of hydrogen-bond donors (Lipinski definition) is 1. The Labute approximate surface area is 95.3 Å². The van der Waals surface area contributed by atoms with Gasteiger partial charge in [0.15, 0.2) is 0 Å². The fraction of sp³-hybridized carbons (Fsp3) is 0.667. The van der Waals surface area contributed by atoms with Gasteiger partial charge in [-0.25, -0.2) is 9.97 Å². The molecular formula is C12H17N3O. The molecule has 1 atom stereocenters.